The lowest BCUT2D eigenvalue weighted by Gasteiger charge is -2.04. The molecule has 0 aliphatic carbocycles. The summed E-state index contributed by atoms with van der Waals surface area (Å²) in [7, 11) is 1.53. The van der Waals surface area contributed by atoms with Gasteiger partial charge in [-0.15, -0.1) is 11.3 Å². The summed E-state index contributed by atoms with van der Waals surface area (Å²) >= 11 is 1.13. The number of Topliss-reactive ketones (excluding diaryl/α,β-unsaturated/α-hetero) is 1. The minimum atomic E-state index is -0.641. The average Bonchev–Trinajstić information content (AvgIpc) is 3.05. The SMILES string of the molecule is COc1ccc(C(=O)COC(=O)c2cc3c(F)cccc3s2)cc1. The molecule has 0 radical (unpaired) electrons. The second-order valence-electron chi connectivity index (χ2n) is 4.99. The molecule has 3 aromatic rings. The van der Waals surface area contributed by atoms with Gasteiger partial charge in [-0.3, -0.25) is 4.79 Å². The Kier molecular flexibility index (Phi) is 4.57. The largest absolute Gasteiger partial charge is 0.497 e. The van der Waals surface area contributed by atoms with Crippen LogP contribution in [0.15, 0.2) is 48.5 Å². The number of carbonyl (C=O) groups excluding carboxylic acids is 2. The second-order valence-corrected chi connectivity index (χ2v) is 6.07. The molecule has 0 aliphatic heterocycles. The fraction of sp³-hybridized carbons (Fsp3) is 0.111. The zero-order valence-electron chi connectivity index (χ0n) is 12.7. The molecule has 2 aromatic carbocycles. The molecule has 0 bridgehead atoms. The fourth-order valence-corrected chi connectivity index (χ4v) is 3.16. The predicted octanol–water partition coefficient (Wildman–Crippen LogP) is 4.09. The standard InChI is InChI=1S/C18H13FO4S/c1-22-12-7-5-11(6-8-12)15(20)10-23-18(21)17-9-13-14(19)3-2-4-16(13)24-17/h2-9H,10H2,1H3. The number of hydrogen-bond donors (Lipinski definition) is 0. The Bertz CT molecular complexity index is 899. The van der Waals surface area contributed by atoms with E-state index in [1.54, 1.807) is 36.4 Å². The van der Waals surface area contributed by atoms with E-state index in [1.807, 2.05) is 0 Å². The number of fused-ring (bicyclic) bond motifs is 1. The topological polar surface area (TPSA) is 52.6 Å². The highest BCUT2D eigenvalue weighted by atomic mass is 32.1. The third-order valence-corrected chi connectivity index (χ3v) is 4.54. The number of methoxy groups -OCH3 is 1. The summed E-state index contributed by atoms with van der Waals surface area (Å²) in [6.45, 7) is -0.373. The van der Waals surface area contributed by atoms with Crippen LogP contribution in [0.5, 0.6) is 5.75 Å². The summed E-state index contributed by atoms with van der Waals surface area (Å²) in [6, 6.07) is 12.6. The zero-order chi connectivity index (χ0) is 17.1. The van der Waals surface area contributed by atoms with Gasteiger partial charge in [-0.05, 0) is 42.5 Å². The van der Waals surface area contributed by atoms with Crippen molar-refractivity contribution in [3.05, 3.63) is 64.8 Å². The summed E-state index contributed by atoms with van der Waals surface area (Å²) in [5.74, 6) is -0.719. The van der Waals surface area contributed by atoms with Crippen LogP contribution in [0, 0.1) is 5.82 Å². The third-order valence-electron chi connectivity index (χ3n) is 3.46. The molecule has 4 nitrogen and oxygen atoms in total. The van der Waals surface area contributed by atoms with Gasteiger partial charge in [-0.2, -0.15) is 0 Å². The highest BCUT2D eigenvalue weighted by Crippen LogP contribution is 2.28. The van der Waals surface area contributed by atoms with Crippen LogP contribution < -0.4 is 4.74 Å². The Morgan fingerprint density at radius 2 is 1.88 bits per heavy atom. The maximum absolute atomic E-state index is 13.7. The molecular formula is C18H13FO4S. The van der Waals surface area contributed by atoms with Gasteiger partial charge >= 0.3 is 5.97 Å². The van der Waals surface area contributed by atoms with Gasteiger partial charge in [0.15, 0.2) is 12.4 Å². The Hall–Kier alpha value is -2.73. The number of hydrogen-bond acceptors (Lipinski definition) is 5. The van der Waals surface area contributed by atoms with Gasteiger partial charge in [-0.1, -0.05) is 6.07 Å². The van der Waals surface area contributed by atoms with E-state index in [4.69, 9.17) is 9.47 Å². The maximum Gasteiger partial charge on any atom is 0.348 e. The van der Waals surface area contributed by atoms with Crippen LogP contribution in [0.1, 0.15) is 20.0 Å². The van der Waals surface area contributed by atoms with Gasteiger partial charge in [0.1, 0.15) is 16.4 Å². The van der Waals surface area contributed by atoms with Gasteiger partial charge in [0, 0.05) is 15.6 Å². The lowest BCUT2D eigenvalue weighted by Crippen LogP contribution is -2.13. The second kappa shape index (κ2) is 6.80. The normalized spacial score (nSPS) is 10.6. The molecule has 6 heteroatoms. The molecule has 3 rings (SSSR count). The lowest BCUT2D eigenvalue weighted by atomic mass is 10.1. The van der Waals surface area contributed by atoms with Crippen molar-refractivity contribution in [1.82, 2.24) is 0 Å². The summed E-state index contributed by atoms with van der Waals surface area (Å²) < 4.78 is 24.4. The van der Waals surface area contributed by atoms with Crippen LogP contribution in [-0.4, -0.2) is 25.5 Å². The first kappa shape index (κ1) is 16.1. The van der Waals surface area contributed by atoms with E-state index < -0.39 is 11.8 Å². The first-order valence-corrected chi connectivity index (χ1v) is 7.92. The minimum absolute atomic E-state index is 0.262. The van der Waals surface area contributed by atoms with Gasteiger partial charge in [-0.25, -0.2) is 9.18 Å². The van der Waals surface area contributed by atoms with E-state index >= 15 is 0 Å². The van der Waals surface area contributed by atoms with Crippen LogP contribution in [0.2, 0.25) is 0 Å². The maximum atomic E-state index is 13.7. The van der Waals surface area contributed by atoms with E-state index in [9.17, 15) is 14.0 Å². The highest BCUT2D eigenvalue weighted by Gasteiger charge is 2.16. The van der Waals surface area contributed by atoms with Crippen LogP contribution in [-0.2, 0) is 4.74 Å². The first-order valence-electron chi connectivity index (χ1n) is 7.11. The Labute approximate surface area is 141 Å². The van der Waals surface area contributed by atoms with Gasteiger partial charge in [0.25, 0.3) is 0 Å². The number of halogens is 1. The fourth-order valence-electron chi connectivity index (χ4n) is 2.19. The Morgan fingerprint density at radius 1 is 1.12 bits per heavy atom. The summed E-state index contributed by atoms with van der Waals surface area (Å²) in [4.78, 5) is 24.3. The predicted molar refractivity (Wildman–Crippen MR) is 89.4 cm³/mol. The van der Waals surface area contributed by atoms with Crippen molar-refractivity contribution in [3.63, 3.8) is 0 Å². The molecule has 122 valence electrons. The smallest absolute Gasteiger partial charge is 0.348 e. The van der Waals surface area contributed by atoms with Crippen molar-refractivity contribution in [3.8, 4) is 5.75 Å². The molecule has 1 aromatic heterocycles. The van der Waals surface area contributed by atoms with E-state index in [2.05, 4.69) is 0 Å². The number of rotatable bonds is 5. The molecular weight excluding hydrogens is 331 g/mol. The monoisotopic (exact) mass is 344 g/mol. The van der Waals surface area contributed by atoms with Crippen LogP contribution in [0.25, 0.3) is 10.1 Å². The molecule has 0 aliphatic rings. The molecule has 1 heterocycles. The summed E-state index contributed by atoms with van der Waals surface area (Å²) in [5.41, 5.74) is 0.422. The minimum Gasteiger partial charge on any atom is -0.497 e. The molecule has 0 saturated heterocycles. The molecule has 0 atom stereocenters. The molecule has 0 saturated carbocycles. The zero-order valence-corrected chi connectivity index (χ0v) is 13.6. The van der Waals surface area contributed by atoms with E-state index in [1.165, 1.54) is 19.2 Å². The van der Waals surface area contributed by atoms with E-state index in [0.29, 0.717) is 21.4 Å². The molecule has 0 N–H and O–H groups in total. The van der Waals surface area contributed by atoms with Crippen molar-refractivity contribution < 1.29 is 23.5 Å². The lowest BCUT2D eigenvalue weighted by molar-refractivity contribution is 0.0479. The van der Waals surface area contributed by atoms with Crippen molar-refractivity contribution >= 4 is 33.2 Å². The number of carbonyl (C=O) groups is 2. The van der Waals surface area contributed by atoms with Crippen molar-refractivity contribution in [2.45, 2.75) is 0 Å². The van der Waals surface area contributed by atoms with Crippen molar-refractivity contribution in [1.29, 1.82) is 0 Å². The summed E-state index contributed by atoms with van der Waals surface area (Å²) in [6.07, 6.45) is 0. The highest BCUT2D eigenvalue weighted by molar-refractivity contribution is 7.20. The number of esters is 1. The van der Waals surface area contributed by atoms with E-state index in [0.717, 1.165) is 11.3 Å². The number of ether oxygens (including phenoxy) is 2. The first-order chi connectivity index (χ1) is 11.6. The molecule has 0 unspecified atom stereocenters. The quantitative estimate of drug-likeness (QED) is 0.517. The van der Waals surface area contributed by atoms with Crippen molar-refractivity contribution in [2.75, 3.05) is 13.7 Å². The number of ketones is 1. The van der Waals surface area contributed by atoms with Gasteiger partial charge < -0.3 is 9.47 Å². The Morgan fingerprint density at radius 3 is 2.54 bits per heavy atom. The molecule has 0 fully saturated rings. The van der Waals surface area contributed by atoms with Gasteiger partial charge in [0.05, 0.1) is 7.11 Å². The third kappa shape index (κ3) is 3.28. The Balaban J connectivity index is 1.67. The molecule has 0 amide bonds. The molecule has 0 spiro atoms. The number of thiophene rings is 1. The van der Waals surface area contributed by atoms with Gasteiger partial charge in [0.2, 0.25) is 0 Å². The van der Waals surface area contributed by atoms with Crippen LogP contribution in [0.4, 0.5) is 4.39 Å². The summed E-state index contributed by atoms with van der Waals surface area (Å²) in [5, 5.41) is 0.371. The van der Waals surface area contributed by atoms with Crippen molar-refractivity contribution in [2.24, 2.45) is 0 Å². The van der Waals surface area contributed by atoms with Crippen LogP contribution in [0.3, 0.4) is 0 Å². The average molecular weight is 344 g/mol. The van der Waals surface area contributed by atoms with Crippen LogP contribution >= 0.6 is 11.3 Å². The van der Waals surface area contributed by atoms with E-state index in [-0.39, 0.29) is 17.3 Å². The molecule has 24 heavy (non-hydrogen) atoms. The number of benzene rings is 2.